The van der Waals surface area contributed by atoms with Crippen LogP contribution in [0.3, 0.4) is 0 Å². The quantitative estimate of drug-likeness (QED) is 0.245. The van der Waals surface area contributed by atoms with Gasteiger partial charge in [-0.2, -0.15) is 10.4 Å². The third-order valence-electron chi connectivity index (χ3n) is 4.38. The van der Waals surface area contributed by atoms with Crippen molar-refractivity contribution in [2.45, 2.75) is 104 Å². The van der Waals surface area contributed by atoms with Gasteiger partial charge in [0.1, 0.15) is 13.1 Å². The second-order valence-electron chi connectivity index (χ2n) is 6.51. The predicted octanol–water partition coefficient (Wildman–Crippen LogP) is 3.09. The van der Waals surface area contributed by atoms with Crippen LogP contribution in [0.2, 0.25) is 0 Å². The molecule has 0 amide bonds. The Morgan fingerprint density at radius 2 is 0.864 bits per heavy atom. The van der Waals surface area contributed by atoms with E-state index in [2.05, 4.69) is 6.92 Å². The molecule has 0 aliphatic rings. The molecule has 136 valence electrons. The molecule has 0 spiro atoms. The van der Waals surface area contributed by atoms with Crippen molar-refractivity contribution in [3.05, 3.63) is 0 Å². The van der Waals surface area contributed by atoms with E-state index >= 15 is 0 Å². The predicted molar refractivity (Wildman–Crippen MR) is 89.6 cm³/mol. The Balaban J connectivity index is 0. The molecule has 22 heavy (non-hydrogen) atoms. The monoisotopic (exact) mass is 381 g/mol. The maximum Gasteiger partial charge on any atom is 0.142 e. The van der Waals surface area contributed by atoms with E-state index in [0.29, 0.717) is 13.1 Å². The van der Waals surface area contributed by atoms with Crippen LogP contribution < -0.4 is 17.0 Å². The van der Waals surface area contributed by atoms with Gasteiger partial charge in [-0.15, -0.1) is 0 Å². The summed E-state index contributed by atoms with van der Waals surface area (Å²) in [7, 11) is 0. The van der Waals surface area contributed by atoms with Crippen molar-refractivity contribution in [2.24, 2.45) is 0 Å². The van der Waals surface area contributed by atoms with Crippen molar-refractivity contribution < 1.29 is 32.2 Å². The van der Waals surface area contributed by atoms with Gasteiger partial charge in [0.15, 0.2) is 0 Å². The van der Waals surface area contributed by atoms with Crippen LogP contribution in [0.15, 0.2) is 0 Å². The molecule has 3 nitrogen and oxygen atoms in total. The number of rotatable bonds is 16. The van der Waals surface area contributed by atoms with Crippen LogP contribution in [0.4, 0.5) is 0 Å². The maximum atomic E-state index is 9.41. The summed E-state index contributed by atoms with van der Waals surface area (Å²) in [5.41, 5.74) is 0. The minimum Gasteiger partial charge on any atom is -1.00 e. The largest absolute Gasteiger partial charge is 1.00 e. The Morgan fingerprint density at radius 1 is 0.545 bits per heavy atom. The van der Waals surface area contributed by atoms with E-state index in [0.717, 1.165) is 12.8 Å². The first kappa shape index (κ1) is 24.6. The summed E-state index contributed by atoms with van der Waals surface area (Å²) in [5.74, 6) is 0. The summed E-state index contributed by atoms with van der Waals surface area (Å²) in [6.07, 6.45) is 18.6. The average molecular weight is 382 g/mol. The highest BCUT2D eigenvalue weighted by molar-refractivity contribution is 4.49. The second kappa shape index (κ2) is 17.7. The fourth-order valence-electron chi connectivity index (χ4n) is 2.72. The lowest BCUT2D eigenvalue weighted by Crippen LogP contribution is -3.00. The molecule has 0 unspecified atom stereocenters. The molecular weight excluding hydrogens is 342 g/mol. The van der Waals surface area contributed by atoms with Crippen LogP contribution in [0.5, 0.6) is 0 Å². The molecule has 0 saturated carbocycles. The van der Waals surface area contributed by atoms with Gasteiger partial charge < -0.3 is 17.0 Å². The van der Waals surface area contributed by atoms with Crippen LogP contribution in [0.25, 0.3) is 0 Å². The molecular formula is C18H40BrNO2. The average Bonchev–Trinajstić information content (AvgIpc) is 2.47. The zero-order chi connectivity index (χ0) is 15.8. The molecule has 0 aliphatic carbocycles. The first-order valence-corrected chi connectivity index (χ1v) is 9.45. The second-order valence-corrected chi connectivity index (χ2v) is 6.51. The van der Waals surface area contributed by atoms with Gasteiger partial charge in [-0.05, 0) is 18.2 Å². The highest BCUT2D eigenvalue weighted by Crippen LogP contribution is 2.13. The molecule has 0 bridgehead atoms. The number of nitrogens with zero attached hydrogens (tertiary/aromatic N) is 1. The maximum absolute atomic E-state index is 9.41. The summed E-state index contributed by atoms with van der Waals surface area (Å²) < 4.78 is 0. The van der Waals surface area contributed by atoms with E-state index in [9.17, 15) is 10.4 Å². The molecule has 0 heterocycles. The highest BCUT2D eigenvalue weighted by Gasteiger charge is 2.17. The number of quaternary nitrogens is 1. The van der Waals surface area contributed by atoms with Gasteiger partial charge in [0.05, 0.1) is 0 Å². The Bertz CT molecular complexity index is 213. The first-order valence-electron chi connectivity index (χ1n) is 9.45. The number of hydrogen-bond acceptors (Lipinski definition) is 2. The summed E-state index contributed by atoms with van der Waals surface area (Å²) in [4.78, 5) is -0.807. The van der Waals surface area contributed by atoms with Crippen molar-refractivity contribution in [3.8, 4) is 0 Å². The van der Waals surface area contributed by atoms with Gasteiger partial charge >= 0.3 is 0 Å². The molecule has 0 aromatic rings. The van der Waals surface area contributed by atoms with Gasteiger partial charge in [-0.1, -0.05) is 84.0 Å². The van der Waals surface area contributed by atoms with E-state index in [1.165, 1.54) is 77.0 Å². The standard InChI is InChI=1S/C18H40NO2.BrH/c1-3-5-6-7-8-9-10-11-12-13-14-15-16-17-18-19(20,21)4-2;/h20-21H,3-18H2,1-2H3;1H/q+1;/p-1. The van der Waals surface area contributed by atoms with E-state index in [-0.39, 0.29) is 17.0 Å². The minimum absolute atomic E-state index is 0. The van der Waals surface area contributed by atoms with E-state index < -0.39 is 4.81 Å². The molecule has 0 fully saturated rings. The summed E-state index contributed by atoms with van der Waals surface area (Å²) in [5, 5.41) is 18.8. The zero-order valence-corrected chi connectivity index (χ0v) is 16.6. The van der Waals surface area contributed by atoms with Crippen molar-refractivity contribution in [3.63, 3.8) is 0 Å². The Hall–Kier alpha value is 0.360. The van der Waals surface area contributed by atoms with Crippen LogP contribution >= 0.6 is 0 Å². The fraction of sp³-hybridized carbons (Fsp3) is 1.00. The van der Waals surface area contributed by atoms with Crippen molar-refractivity contribution in [1.29, 1.82) is 0 Å². The first-order chi connectivity index (χ1) is 10.1. The van der Waals surface area contributed by atoms with Gasteiger partial charge in [0, 0.05) is 6.42 Å². The number of hydroxylamine groups is 4. The zero-order valence-electron chi connectivity index (χ0n) is 15.0. The number of hydrogen-bond donors (Lipinski definition) is 2. The van der Waals surface area contributed by atoms with Crippen LogP contribution in [0.1, 0.15) is 104 Å². The fourth-order valence-corrected chi connectivity index (χ4v) is 2.72. The lowest BCUT2D eigenvalue weighted by atomic mass is 10.0. The summed E-state index contributed by atoms with van der Waals surface area (Å²) in [6, 6.07) is 0. The van der Waals surface area contributed by atoms with Crippen molar-refractivity contribution >= 4 is 0 Å². The molecule has 0 saturated heterocycles. The number of unbranched alkanes of at least 4 members (excludes halogenated alkanes) is 13. The summed E-state index contributed by atoms with van der Waals surface area (Å²) >= 11 is 0. The topological polar surface area (TPSA) is 40.5 Å². The Labute approximate surface area is 149 Å². The SMILES string of the molecule is CCCCCCCCCCCCCCCC[N+](O)(O)CC.[Br-]. The lowest BCUT2D eigenvalue weighted by Gasteiger charge is -2.18. The molecule has 0 aliphatic heterocycles. The highest BCUT2D eigenvalue weighted by atomic mass is 79.9. The molecule has 0 aromatic heterocycles. The van der Waals surface area contributed by atoms with Crippen LogP contribution in [-0.2, 0) is 0 Å². The number of halogens is 1. The normalized spacial score (nSPS) is 11.5. The summed E-state index contributed by atoms with van der Waals surface area (Å²) in [6.45, 7) is 4.91. The molecule has 4 heteroatoms. The van der Waals surface area contributed by atoms with Crippen molar-refractivity contribution in [2.75, 3.05) is 13.1 Å². The van der Waals surface area contributed by atoms with Crippen LogP contribution in [0, 0.1) is 0 Å². The van der Waals surface area contributed by atoms with Crippen molar-refractivity contribution in [1.82, 2.24) is 0 Å². The third kappa shape index (κ3) is 18.4. The molecule has 2 N–H and O–H groups in total. The van der Waals surface area contributed by atoms with Gasteiger partial charge in [0.25, 0.3) is 0 Å². The van der Waals surface area contributed by atoms with Gasteiger partial charge in [-0.3, -0.25) is 0 Å². The molecule has 0 radical (unpaired) electrons. The van der Waals surface area contributed by atoms with Gasteiger partial charge in [-0.25, -0.2) is 0 Å². The van der Waals surface area contributed by atoms with Crippen LogP contribution in [-0.4, -0.2) is 28.3 Å². The molecule has 0 atom stereocenters. The van der Waals surface area contributed by atoms with E-state index in [1.54, 1.807) is 6.92 Å². The minimum atomic E-state index is -0.807. The van der Waals surface area contributed by atoms with E-state index in [4.69, 9.17) is 0 Å². The lowest BCUT2D eigenvalue weighted by molar-refractivity contribution is -1.24. The molecule has 0 rings (SSSR count). The Morgan fingerprint density at radius 3 is 1.18 bits per heavy atom. The smallest absolute Gasteiger partial charge is 0.142 e. The third-order valence-corrected chi connectivity index (χ3v) is 4.38. The van der Waals surface area contributed by atoms with E-state index in [1.807, 2.05) is 0 Å². The van der Waals surface area contributed by atoms with Gasteiger partial charge in [0.2, 0.25) is 0 Å². The Kier molecular flexibility index (Phi) is 19.8. The molecule has 0 aromatic carbocycles.